The van der Waals surface area contributed by atoms with Crippen LogP contribution in [0.3, 0.4) is 0 Å². The van der Waals surface area contributed by atoms with Crippen LogP contribution in [-0.4, -0.2) is 17.4 Å². The first kappa shape index (κ1) is 14.8. The van der Waals surface area contributed by atoms with E-state index in [9.17, 15) is 4.79 Å². The van der Waals surface area contributed by atoms with Crippen LogP contribution in [0.15, 0.2) is 60.7 Å². The van der Waals surface area contributed by atoms with Gasteiger partial charge in [0.05, 0.1) is 6.04 Å². The third-order valence-corrected chi connectivity index (χ3v) is 4.68. The molecule has 114 valence electrons. The lowest BCUT2D eigenvalue weighted by Crippen LogP contribution is -2.41. The Morgan fingerprint density at radius 3 is 2.00 bits per heavy atom. The molecule has 0 bridgehead atoms. The molecule has 1 atom stereocenters. The summed E-state index contributed by atoms with van der Waals surface area (Å²) >= 11 is 0. The van der Waals surface area contributed by atoms with Crippen LogP contribution in [-0.2, 0) is 4.79 Å². The number of piperidine rings is 1. The fraction of sp³-hybridized carbons (Fsp3) is 0.350. The lowest BCUT2D eigenvalue weighted by atomic mass is 9.89. The summed E-state index contributed by atoms with van der Waals surface area (Å²) in [4.78, 5) is 14.7. The van der Waals surface area contributed by atoms with Crippen molar-refractivity contribution in [2.45, 2.75) is 32.2 Å². The van der Waals surface area contributed by atoms with Gasteiger partial charge in [0.25, 0.3) is 0 Å². The number of carbonyl (C=O) groups excluding carboxylic acids is 1. The van der Waals surface area contributed by atoms with E-state index in [1.165, 1.54) is 11.1 Å². The summed E-state index contributed by atoms with van der Waals surface area (Å²) in [5.41, 5.74) is 2.38. The van der Waals surface area contributed by atoms with Crippen molar-refractivity contribution in [2.24, 2.45) is 5.92 Å². The standard InChI is InChI=1S/C20H23NO/c1-2-16-13-14-21(19(22)15-16)20(17-9-5-3-6-10-17)18-11-7-4-8-12-18/h3-12,16,20H,2,13-15H2,1H3. The Morgan fingerprint density at radius 1 is 1.00 bits per heavy atom. The number of carbonyl (C=O) groups is 1. The minimum atomic E-state index is 0.0349. The molecular weight excluding hydrogens is 270 g/mol. The Hall–Kier alpha value is -2.09. The Kier molecular flexibility index (Phi) is 4.57. The van der Waals surface area contributed by atoms with Gasteiger partial charge in [0.2, 0.25) is 5.91 Å². The SMILES string of the molecule is CCC1CCN(C(c2ccccc2)c2ccccc2)C(=O)C1. The second-order valence-corrected chi connectivity index (χ2v) is 6.08. The van der Waals surface area contributed by atoms with Gasteiger partial charge < -0.3 is 4.90 Å². The van der Waals surface area contributed by atoms with Crippen molar-refractivity contribution in [1.82, 2.24) is 4.90 Å². The number of hydrogen-bond donors (Lipinski definition) is 0. The molecule has 2 aromatic rings. The maximum absolute atomic E-state index is 12.7. The van der Waals surface area contributed by atoms with Crippen molar-refractivity contribution < 1.29 is 4.79 Å². The fourth-order valence-electron chi connectivity index (χ4n) is 3.36. The molecule has 0 N–H and O–H groups in total. The largest absolute Gasteiger partial charge is 0.332 e. The smallest absolute Gasteiger partial charge is 0.223 e. The molecule has 1 aliphatic rings. The Bertz CT molecular complexity index is 569. The van der Waals surface area contributed by atoms with Crippen LogP contribution in [0.25, 0.3) is 0 Å². The maximum atomic E-state index is 12.7. The van der Waals surface area contributed by atoms with Gasteiger partial charge in [-0.25, -0.2) is 0 Å². The second kappa shape index (κ2) is 6.78. The maximum Gasteiger partial charge on any atom is 0.223 e. The van der Waals surface area contributed by atoms with E-state index in [2.05, 4.69) is 60.4 Å². The van der Waals surface area contributed by atoms with Crippen molar-refractivity contribution in [3.8, 4) is 0 Å². The average Bonchev–Trinajstić information content (AvgIpc) is 2.58. The van der Waals surface area contributed by atoms with E-state index < -0.39 is 0 Å². The molecule has 0 radical (unpaired) electrons. The van der Waals surface area contributed by atoms with Crippen molar-refractivity contribution in [2.75, 3.05) is 6.54 Å². The van der Waals surface area contributed by atoms with E-state index in [-0.39, 0.29) is 11.9 Å². The van der Waals surface area contributed by atoms with E-state index in [1.54, 1.807) is 0 Å². The molecule has 1 unspecified atom stereocenters. The zero-order valence-electron chi connectivity index (χ0n) is 13.1. The van der Waals surface area contributed by atoms with Gasteiger partial charge >= 0.3 is 0 Å². The van der Waals surface area contributed by atoms with Crippen LogP contribution in [0.5, 0.6) is 0 Å². The molecule has 0 aliphatic carbocycles. The molecule has 0 aromatic heterocycles. The quantitative estimate of drug-likeness (QED) is 0.817. The van der Waals surface area contributed by atoms with Gasteiger partial charge in [-0.3, -0.25) is 4.79 Å². The molecule has 0 saturated carbocycles. The first-order valence-electron chi connectivity index (χ1n) is 8.19. The third kappa shape index (κ3) is 3.06. The highest BCUT2D eigenvalue weighted by atomic mass is 16.2. The number of nitrogens with zero attached hydrogens (tertiary/aromatic N) is 1. The van der Waals surface area contributed by atoms with Crippen LogP contribution < -0.4 is 0 Å². The van der Waals surface area contributed by atoms with E-state index in [1.807, 2.05) is 12.1 Å². The molecule has 3 rings (SSSR count). The lowest BCUT2D eigenvalue weighted by molar-refractivity contribution is -0.137. The van der Waals surface area contributed by atoms with Crippen molar-refractivity contribution >= 4 is 5.91 Å². The average molecular weight is 293 g/mol. The molecule has 1 aliphatic heterocycles. The van der Waals surface area contributed by atoms with Gasteiger partial charge in [-0.2, -0.15) is 0 Å². The summed E-state index contributed by atoms with van der Waals surface area (Å²) in [6, 6.07) is 20.8. The van der Waals surface area contributed by atoms with E-state index in [4.69, 9.17) is 0 Å². The monoisotopic (exact) mass is 293 g/mol. The highest BCUT2D eigenvalue weighted by Gasteiger charge is 2.31. The first-order chi connectivity index (χ1) is 10.8. The lowest BCUT2D eigenvalue weighted by Gasteiger charge is -2.38. The summed E-state index contributed by atoms with van der Waals surface area (Å²) in [7, 11) is 0. The van der Waals surface area contributed by atoms with Gasteiger partial charge in [0, 0.05) is 13.0 Å². The number of amides is 1. The van der Waals surface area contributed by atoms with E-state index in [0.29, 0.717) is 12.3 Å². The summed E-state index contributed by atoms with van der Waals surface area (Å²) in [5, 5.41) is 0. The first-order valence-corrected chi connectivity index (χ1v) is 8.19. The van der Waals surface area contributed by atoms with Crippen LogP contribution in [0.2, 0.25) is 0 Å². The summed E-state index contributed by atoms with van der Waals surface area (Å²) in [6.07, 6.45) is 2.89. The van der Waals surface area contributed by atoms with Crippen LogP contribution in [0.4, 0.5) is 0 Å². The number of rotatable bonds is 4. The molecule has 1 saturated heterocycles. The Balaban J connectivity index is 1.95. The van der Waals surface area contributed by atoms with Crippen molar-refractivity contribution in [3.05, 3.63) is 71.8 Å². The highest BCUT2D eigenvalue weighted by molar-refractivity contribution is 5.78. The topological polar surface area (TPSA) is 20.3 Å². The predicted molar refractivity (Wildman–Crippen MR) is 89.5 cm³/mol. The van der Waals surface area contributed by atoms with Gasteiger partial charge in [0.1, 0.15) is 0 Å². The normalized spacial score (nSPS) is 18.7. The third-order valence-electron chi connectivity index (χ3n) is 4.68. The minimum absolute atomic E-state index is 0.0349. The summed E-state index contributed by atoms with van der Waals surface area (Å²) in [5.74, 6) is 0.840. The zero-order chi connectivity index (χ0) is 15.4. The molecule has 2 aromatic carbocycles. The van der Waals surface area contributed by atoms with Crippen LogP contribution in [0, 0.1) is 5.92 Å². The zero-order valence-corrected chi connectivity index (χ0v) is 13.1. The Labute approximate surface area is 132 Å². The number of hydrogen-bond acceptors (Lipinski definition) is 1. The fourth-order valence-corrected chi connectivity index (χ4v) is 3.36. The number of likely N-dealkylation sites (tertiary alicyclic amines) is 1. The van der Waals surface area contributed by atoms with E-state index in [0.717, 1.165) is 19.4 Å². The molecule has 2 heteroatoms. The second-order valence-electron chi connectivity index (χ2n) is 6.08. The van der Waals surface area contributed by atoms with Crippen molar-refractivity contribution in [1.29, 1.82) is 0 Å². The number of benzene rings is 2. The van der Waals surface area contributed by atoms with Gasteiger partial charge in [-0.05, 0) is 23.5 Å². The molecule has 0 spiro atoms. The van der Waals surface area contributed by atoms with E-state index >= 15 is 0 Å². The molecule has 22 heavy (non-hydrogen) atoms. The van der Waals surface area contributed by atoms with Crippen LogP contribution in [0.1, 0.15) is 43.4 Å². The minimum Gasteiger partial charge on any atom is -0.332 e. The predicted octanol–water partition coefficient (Wildman–Crippen LogP) is 4.42. The molecule has 1 fully saturated rings. The summed E-state index contributed by atoms with van der Waals surface area (Å²) in [6.45, 7) is 3.03. The highest BCUT2D eigenvalue weighted by Crippen LogP contribution is 2.33. The van der Waals surface area contributed by atoms with Gasteiger partial charge in [-0.15, -0.1) is 0 Å². The molecule has 2 nitrogen and oxygen atoms in total. The molecule has 1 amide bonds. The Morgan fingerprint density at radius 2 is 1.55 bits per heavy atom. The van der Waals surface area contributed by atoms with Crippen molar-refractivity contribution in [3.63, 3.8) is 0 Å². The molecular formula is C20H23NO. The van der Waals surface area contributed by atoms with Crippen LogP contribution >= 0.6 is 0 Å². The van der Waals surface area contributed by atoms with Gasteiger partial charge in [0.15, 0.2) is 0 Å². The summed E-state index contributed by atoms with van der Waals surface area (Å²) < 4.78 is 0. The molecule has 1 heterocycles. The van der Waals surface area contributed by atoms with Gasteiger partial charge in [-0.1, -0.05) is 74.0 Å².